The zero-order chi connectivity index (χ0) is 12.5. The van der Waals surface area contributed by atoms with Gasteiger partial charge >= 0.3 is 0 Å². The summed E-state index contributed by atoms with van der Waals surface area (Å²) >= 11 is 0. The first-order valence-electron chi connectivity index (χ1n) is 6.03. The van der Waals surface area contributed by atoms with E-state index in [9.17, 15) is 0 Å². The molecule has 3 heteroatoms. The molecule has 3 heterocycles. The van der Waals surface area contributed by atoms with Crippen molar-refractivity contribution in [2.45, 2.75) is 13.0 Å². The minimum Gasteiger partial charge on any atom is -0.324 e. The van der Waals surface area contributed by atoms with E-state index in [-0.39, 0.29) is 6.04 Å². The van der Waals surface area contributed by atoms with Gasteiger partial charge in [0.05, 0.1) is 5.69 Å². The van der Waals surface area contributed by atoms with Crippen LogP contribution in [-0.4, -0.2) is 9.38 Å². The molecule has 0 saturated heterocycles. The summed E-state index contributed by atoms with van der Waals surface area (Å²) < 4.78 is 2.16. The van der Waals surface area contributed by atoms with Gasteiger partial charge in [0.1, 0.15) is 0 Å². The lowest BCUT2D eigenvalue weighted by Crippen LogP contribution is -2.05. The van der Waals surface area contributed by atoms with Gasteiger partial charge in [0.25, 0.3) is 0 Å². The summed E-state index contributed by atoms with van der Waals surface area (Å²) in [6.07, 6.45) is 5.72. The van der Waals surface area contributed by atoms with Gasteiger partial charge in [0, 0.05) is 35.7 Å². The molecule has 0 saturated carbocycles. The molecule has 0 aliphatic carbocycles. The van der Waals surface area contributed by atoms with Gasteiger partial charge in [-0.05, 0) is 42.8 Å². The number of nitrogens with two attached hydrogens (primary N) is 1. The van der Waals surface area contributed by atoms with E-state index < -0.39 is 0 Å². The van der Waals surface area contributed by atoms with Gasteiger partial charge < -0.3 is 10.1 Å². The quantitative estimate of drug-likeness (QED) is 0.744. The number of rotatable bonds is 2. The molecule has 0 fully saturated rings. The summed E-state index contributed by atoms with van der Waals surface area (Å²) in [5, 5.41) is 0. The summed E-state index contributed by atoms with van der Waals surface area (Å²) in [6, 6.07) is 12.3. The SMILES string of the molecule is CC(N)c1cc2ccccn2c1-c1cccnc1. The third kappa shape index (κ3) is 1.69. The molecule has 0 aliphatic rings. The van der Waals surface area contributed by atoms with Crippen LogP contribution in [0.25, 0.3) is 16.8 Å². The van der Waals surface area contributed by atoms with E-state index in [0.29, 0.717) is 0 Å². The largest absolute Gasteiger partial charge is 0.324 e. The molecule has 0 bridgehead atoms. The van der Waals surface area contributed by atoms with Crippen molar-refractivity contribution in [1.29, 1.82) is 0 Å². The second kappa shape index (κ2) is 4.27. The Hall–Kier alpha value is -2.13. The van der Waals surface area contributed by atoms with Crippen LogP contribution in [0.3, 0.4) is 0 Å². The zero-order valence-electron chi connectivity index (χ0n) is 10.2. The van der Waals surface area contributed by atoms with Crippen molar-refractivity contribution < 1.29 is 0 Å². The summed E-state index contributed by atoms with van der Waals surface area (Å²) in [6.45, 7) is 2.01. The van der Waals surface area contributed by atoms with Gasteiger partial charge in [-0.3, -0.25) is 4.98 Å². The Kier molecular flexibility index (Phi) is 2.61. The molecule has 3 rings (SSSR count). The highest BCUT2D eigenvalue weighted by atomic mass is 14.9. The van der Waals surface area contributed by atoms with Gasteiger partial charge in [-0.2, -0.15) is 0 Å². The van der Waals surface area contributed by atoms with Crippen LogP contribution in [-0.2, 0) is 0 Å². The Morgan fingerprint density at radius 2 is 2.11 bits per heavy atom. The van der Waals surface area contributed by atoms with Crippen LogP contribution in [0.15, 0.2) is 55.0 Å². The molecule has 0 radical (unpaired) electrons. The van der Waals surface area contributed by atoms with E-state index in [4.69, 9.17) is 5.73 Å². The third-order valence-corrected chi connectivity index (χ3v) is 3.13. The number of aromatic nitrogens is 2. The summed E-state index contributed by atoms with van der Waals surface area (Å²) in [7, 11) is 0. The minimum atomic E-state index is 0.0000983. The second-order valence-electron chi connectivity index (χ2n) is 4.47. The Morgan fingerprint density at radius 1 is 1.22 bits per heavy atom. The zero-order valence-corrected chi connectivity index (χ0v) is 10.2. The molecule has 90 valence electrons. The molecule has 18 heavy (non-hydrogen) atoms. The molecule has 3 aromatic heterocycles. The maximum atomic E-state index is 6.08. The number of nitrogens with zero attached hydrogens (tertiary/aromatic N) is 2. The molecule has 0 aliphatic heterocycles. The minimum absolute atomic E-state index is 0.0000983. The van der Waals surface area contributed by atoms with Crippen LogP contribution in [0.2, 0.25) is 0 Å². The predicted molar refractivity (Wildman–Crippen MR) is 73.2 cm³/mol. The number of pyridine rings is 2. The smallest absolute Gasteiger partial charge is 0.0591 e. The van der Waals surface area contributed by atoms with E-state index in [1.165, 1.54) is 0 Å². The fourth-order valence-electron chi connectivity index (χ4n) is 2.30. The highest BCUT2D eigenvalue weighted by Crippen LogP contribution is 2.30. The second-order valence-corrected chi connectivity index (χ2v) is 4.47. The van der Waals surface area contributed by atoms with Crippen LogP contribution in [0, 0.1) is 0 Å². The van der Waals surface area contributed by atoms with Gasteiger partial charge in [-0.15, -0.1) is 0 Å². The molecule has 1 unspecified atom stereocenters. The lowest BCUT2D eigenvalue weighted by Gasteiger charge is -2.09. The van der Waals surface area contributed by atoms with Gasteiger partial charge in [-0.25, -0.2) is 0 Å². The molecular weight excluding hydrogens is 222 g/mol. The molecule has 0 amide bonds. The fourth-order valence-corrected chi connectivity index (χ4v) is 2.30. The average Bonchev–Trinajstić information content (AvgIpc) is 2.79. The first-order valence-corrected chi connectivity index (χ1v) is 6.03. The topological polar surface area (TPSA) is 43.3 Å². The molecule has 1 atom stereocenters. The van der Waals surface area contributed by atoms with Crippen LogP contribution in [0.1, 0.15) is 18.5 Å². The van der Waals surface area contributed by atoms with Gasteiger partial charge in [0.15, 0.2) is 0 Å². The van der Waals surface area contributed by atoms with Crippen molar-refractivity contribution >= 4 is 5.52 Å². The van der Waals surface area contributed by atoms with Crippen molar-refractivity contribution in [3.8, 4) is 11.3 Å². The van der Waals surface area contributed by atoms with E-state index in [2.05, 4.69) is 33.8 Å². The fraction of sp³-hybridized carbons (Fsp3) is 0.133. The molecule has 3 aromatic rings. The lowest BCUT2D eigenvalue weighted by atomic mass is 10.1. The maximum absolute atomic E-state index is 6.08. The standard InChI is InChI=1S/C15H15N3/c1-11(16)14-9-13-6-2-3-8-18(13)15(14)12-5-4-7-17-10-12/h2-11H,16H2,1H3. The summed E-state index contributed by atoms with van der Waals surface area (Å²) in [5.74, 6) is 0. The van der Waals surface area contributed by atoms with Crippen molar-refractivity contribution in [1.82, 2.24) is 9.38 Å². The number of hydrogen-bond donors (Lipinski definition) is 1. The normalized spacial score (nSPS) is 12.8. The van der Waals surface area contributed by atoms with E-state index in [1.807, 2.05) is 31.3 Å². The van der Waals surface area contributed by atoms with Gasteiger partial charge in [0.2, 0.25) is 0 Å². The Labute approximate surface area is 106 Å². The Balaban J connectivity index is 2.35. The predicted octanol–water partition coefficient (Wildman–Crippen LogP) is 3.02. The summed E-state index contributed by atoms with van der Waals surface area (Å²) in [4.78, 5) is 4.19. The Morgan fingerprint density at radius 3 is 2.83 bits per heavy atom. The van der Waals surface area contributed by atoms with Crippen molar-refractivity contribution in [2.24, 2.45) is 5.73 Å². The molecule has 2 N–H and O–H groups in total. The number of hydrogen-bond acceptors (Lipinski definition) is 2. The first-order chi connectivity index (χ1) is 8.77. The first kappa shape index (κ1) is 11.0. The van der Waals surface area contributed by atoms with E-state index in [1.54, 1.807) is 6.20 Å². The highest BCUT2D eigenvalue weighted by molar-refractivity contribution is 5.71. The third-order valence-electron chi connectivity index (χ3n) is 3.13. The van der Waals surface area contributed by atoms with Gasteiger partial charge in [-0.1, -0.05) is 6.07 Å². The van der Waals surface area contributed by atoms with E-state index >= 15 is 0 Å². The summed E-state index contributed by atoms with van der Waals surface area (Å²) in [5.41, 5.74) is 10.6. The van der Waals surface area contributed by atoms with Crippen LogP contribution in [0.4, 0.5) is 0 Å². The van der Waals surface area contributed by atoms with E-state index in [0.717, 1.165) is 22.3 Å². The van der Waals surface area contributed by atoms with Crippen LogP contribution >= 0.6 is 0 Å². The molecular formula is C15H15N3. The van der Waals surface area contributed by atoms with Crippen molar-refractivity contribution in [3.63, 3.8) is 0 Å². The van der Waals surface area contributed by atoms with Crippen molar-refractivity contribution in [2.75, 3.05) is 0 Å². The maximum Gasteiger partial charge on any atom is 0.0591 e. The highest BCUT2D eigenvalue weighted by Gasteiger charge is 2.14. The molecule has 3 nitrogen and oxygen atoms in total. The molecule has 0 spiro atoms. The molecule has 0 aromatic carbocycles. The van der Waals surface area contributed by atoms with Crippen molar-refractivity contribution in [3.05, 3.63) is 60.6 Å². The van der Waals surface area contributed by atoms with Crippen LogP contribution in [0.5, 0.6) is 0 Å². The Bertz CT molecular complexity index is 669. The lowest BCUT2D eigenvalue weighted by molar-refractivity contribution is 0.820. The monoisotopic (exact) mass is 237 g/mol. The van der Waals surface area contributed by atoms with Crippen LogP contribution < -0.4 is 5.73 Å². The average molecular weight is 237 g/mol. The number of fused-ring (bicyclic) bond motifs is 1.